The lowest BCUT2D eigenvalue weighted by Gasteiger charge is -2.12. The summed E-state index contributed by atoms with van der Waals surface area (Å²) in [6, 6.07) is 2.44. The Kier molecular flexibility index (Phi) is 2.07. The summed E-state index contributed by atoms with van der Waals surface area (Å²) in [6.45, 7) is 1.55. The standard InChI is InChI=1S/C10H7FN2O2/c1-6-4-9(14)13(10(6)15)8-3-2-7(11)5-12-8/h2-5H,1H3. The van der Waals surface area contributed by atoms with Crippen LogP contribution in [0.3, 0.4) is 0 Å². The fourth-order valence-corrected chi connectivity index (χ4v) is 1.31. The molecule has 2 rings (SSSR count). The van der Waals surface area contributed by atoms with Crippen molar-refractivity contribution in [2.75, 3.05) is 4.90 Å². The molecule has 0 atom stereocenters. The van der Waals surface area contributed by atoms with Gasteiger partial charge in [0.2, 0.25) is 0 Å². The molecule has 4 nitrogen and oxygen atoms in total. The summed E-state index contributed by atoms with van der Waals surface area (Å²) in [5.74, 6) is -1.24. The molecule has 0 aromatic carbocycles. The van der Waals surface area contributed by atoms with Crippen LogP contribution in [0.1, 0.15) is 6.92 Å². The SMILES string of the molecule is CC1=CC(=O)N(c2ccc(F)cn2)C1=O. The average molecular weight is 206 g/mol. The van der Waals surface area contributed by atoms with Crippen LogP contribution >= 0.6 is 0 Å². The van der Waals surface area contributed by atoms with E-state index in [-0.39, 0.29) is 5.82 Å². The number of hydrogen-bond donors (Lipinski definition) is 0. The number of nitrogens with zero attached hydrogens (tertiary/aromatic N) is 2. The van der Waals surface area contributed by atoms with Gasteiger partial charge in [0, 0.05) is 11.6 Å². The number of pyridine rings is 1. The Labute approximate surface area is 85.0 Å². The van der Waals surface area contributed by atoms with Crippen molar-refractivity contribution in [2.24, 2.45) is 0 Å². The van der Waals surface area contributed by atoms with E-state index >= 15 is 0 Å². The topological polar surface area (TPSA) is 50.3 Å². The molecule has 1 aromatic rings. The van der Waals surface area contributed by atoms with Crippen LogP contribution in [0.15, 0.2) is 30.0 Å². The van der Waals surface area contributed by atoms with E-state index in [1.807, 2.05) is 0 Å². The highest BCUT2D eigenvalue weighted by Gasteiger charge is 2.30. The zero-order valence-electron chi connectivity index (χ0n) is 7.90. The number of imide groups is 1. The summed E-state index contributed by atoms with van der Waals surface area (Å²) in [4.78, 5) is 27.5. The molecule has 1 aromatic heterocycles. The maximum Gasteiger partial charge on any atom is 0.262 e. The molecular formula is C10H7FN2O2. The second-order valence-electron chi connectivity index (χ2n) is 3.14. The smallest absolute Gasteiger partial charge is 0.262 e. The first kappa shape index (κ1) is 9.51. The zero-order chi connectivity index (χ0) is 11.0. The van der Waals surface area contributed by atoms with Gasteiger partial charge in [-0.25, -0.2) is 14.3 Å². The predicted molar refractivity (Wildman–Crippen MR) is 50.4 cm³/mol. The van der Waals surface area contributed by atoms with Crippen molar-refractivity contribution in [3.8, 4) is 0 Å². The molecule has 76 valence electrons. The first-order valence-electron chi connectivity index (χ1n) is 4.28. The molecule has 0 unspecified atom stereocenters. The Morgan fingerprint density at radius 3 is 2.53 bits per heavy atom. The number of carbonyl (C=O) groups is 2. The lowest BCUT2D eigenvalue weighted by atomic mass is 10.3. The fourth-order valence-electron chi connectivity index (χ4n) is 1.31. The van der Waals surface area contributed by atoms with Crippen LogP contribution in [0.5, 0.6) is 0 Å². The van der Waals surface area contributed by atoms with Gasteiger partial charge in [-0.05, 0) is 19.1 Å². The van der Waals surface area contributed by atoms with Gasteiger partial charge in [0.25, 0.3) is 11.8 Å². The largest absolute Gasteiger partial charge is 0.269 e. The summed E-state index contributed by atoms with van der Waals surface area (Å²) in [7, 11) is 0. The quantitative estimate of drug-likeness (QED) is 0.645. The minimum Gasteiger partial charge on any atom is -0.269 e. The van der Waals surface area contributed by atoms with Crippen LogP contribution in [0.2, 0.25) is 0 Å². The van der Waals surface area contributed by atoms with Crippen molar-refractivity contribution in [3.05, 3.63) is 35.8 Å². The molecule has 15 heavy (non-hydrogen) atoms. The van der Waals surface area contributed by atoms with Crippen molar-refractivity contribution in [1.29, 1.82) is 0 Å². The summed E-state index contributed by atoms with van der Waals surface area (Å²) >= 11 is 0. The van der Waals surface area contributed by atoms with Crippen LogP contribution in [0, 0.1) is 5.82 Å². The third-order valence-electron chi connectivity index (χ3n) is 2.04. The second-order valence-corrected chi connectivity index (χ2v) is 3.14. The van der Waals surface area contributed by atoms with E-state index in [2.05, 4.69) is 4.98 Å². The molecule has 1 aliphatic heterocycles. The first-order chi connectivity index (χ1) is 7.09. The van der Waals surface area contributed by atoms with E-state index in [1.165, 1.54) is 12.1 Å². The molecule has 0 N–H and O–H groups in total. The first-order valence-corrected chi connectivity index (χ1v) is 4.28. The van der Waals surface area contributed by atoms with Gasteiger partial charge in [-0.15, -0.1) is 0 Å². The van der Waals surface area contributed by atoms with E-state index in [0.29, 0.717) is 5.57 Å². The van der Waals surface area contributed by atoms with Crippen molar-refractivity contribution in [3.63, 3.8) is 0 Å². The third-order valence-corrected chi connectivity index (χ3v) is 2.04. The summed E-state index contributed by atoms with van der Waals surface area (Å²) < 4.78 is 12.6. The Hall–Kier alpha value is -2.04. The second kappa shape index (κ2) is 3.27. The van der Waals surface area contributed by atoms with Gasteiger partial charge < -0.3 is 0 Å². The van der Waals surface area contributed by atoms with E-state index in [0.717, 1.165) is 17.2 Å². The van der Waals surface area contributed by atoms with Gasteiger partial charge in [-0.3, -0.25) is 9.59 Å². The predicted octanol–water partition coefficient (Wildman–Crippen LogP) is 1.04. The highest BCUT2D eigenvalue weighted by Crippen LogP contribution is 2.19. The molecule has 0 aliphatic carbocycles. The maximum atomic E-state index is 12.6. The lowest BCUT2D eigenvalue weighted by molar-refractivity contribution is -0.120. The number of carbonyl (C=O) groups excluding carboxylic acids is 2. The van der Waals surface area contributed by atoms with Crippen LogP contribution in [0.4, 0.5) is 10.2 Å². The normalized spacial score (nSPS) is 15.9. The molecule has 2 amide bonds. The number of hydrogen-bond acceptors (Lipinski definition) is 3. The van der Waals surface area contributed by atoms with E-state index in [9.17, 15) is 14.0 Å². The van der Waals surface area contributed by atoms with Crippen LogP contribution < -0.4 is 4.90 Å². The molecule has 0 saturated heterocycles. The zero-order valence-corrected chi connectivity index (χ0v) is 7.90. The molecule has 0 saturated carbocycles. The summed E-state index contributed by atoms with van der Waals surface area (Å²) in [5.41, 5.74) is 0.353. The number of anilines is 1. The Balaban J connectivity index is 2.38. The third kappa shape index (κ3) is 1.52. The minimum atomic E-state index is -0.512. The van der Waals surface area contributed by atoms with Crippen LogP contribution in [-0.2, 0) is 9.59 Å². The van der Waals surface area contributed by atoms with Crippen molar-refractivity contribution in [1.82, 2.24) is 4.98 Å². The van der Waals surface area contributed by atoms with Gasteiger partial charge in [0.1, 0.15) is 11.6 Å². The molecule has 0 bridgehead atoms. The highest BCUT2D eigenvalue weighted by molar-refractivity contribution is 6.29. The Morgan fingerprint density at radius 1 is 1.33 bits per heavy atom. The monoisotopic (exact) mass is 206 g/mol. The highest BCUT2D eigenvalue weighted by atomic mass is 19.1. The molecule has 1 aliphatic rings. The van der Waals surface area contributed by atoms with Crippen LogP contribution in [0.25, 0.3) is 0 Å². The number of aromatic nitrogens is 1. The van der Waals surface area contributed by atoms with Gasteiger partial charge in [-0.1, -0.05) is 0 Å². The van der Waals surface area contributed by atoms with Gasteiger partial charge in [0.05, 0.1) is 6.20 Å². The molecule has 0 spiro atoms. The number of halogens is 1. The van der Waals surface area contributed by atoms with E-state index in [1.54, 1.807) is 6.92 Å². The van der Waals surface area contributed by atoms with Gasteiger partial charge >= 0.3 is 0 Å². The van der Waals surface area contributed by atoms with Gasteiger partial charge in [0.15, 0.2) is 0 Å². The number of rotatable bonds is 1. The van der Waals surface area contributed by atoms with Crippen LogP contribution in [-0.4, -0.2) is 16.8 Å². The Bertz CT molecular complexity index is 465. The van der Waals surface area contributed by atoms with Crippen molar-refractivity contribution >= 4 is 17.6 Å². The summed E-state index contributed by atoms with van der Waals surface area (Å²) in [5, 5.41) is 0. The van der Waals surface area contributed by atoms with E-state index < -0.39 is 17.6 Å². The molecular weight excluding hydrogens is 199 g/mol. The van der Waals surface area contributed by atoms with E-state index in [4.69, 9.17) is 0 Å². The van der Waals surface area contributed by atoms with Crippen molar-refractivity contribution < 1.29 is 14.0 Å². The molecule has 2 heterocycles. The fraction of sp³-hybridized carbons (Fsp3) is 0.100. The average Bonchev–Trinajstić information content (AvgIpc) is 2.44. The molecule has 5 heteroatoms. The van der Waals surface area contributed by atoms with Gasteiger partial charge in [-0.2, -0.15) is 0 Å². The minimum absolute atomic E-state index is 0.138. The number of amides is 2. The molecule has 0 radical (unpaired) electrons. The molecule has 0 fully saturated rings. The summed E-state index contributed by atoms with van der Waals surface area (Å²) in [6.07, 6.45) is 2.19. The lowest BCUT2D eigenvalue weighted by Crippen LogP contribution is -2.31. The Morgan fingerprint density at radius 2 is 2.07 bits per heavy atom. The maximum absolute atomic E-state index is 12.6. The van der Waals surface area contributed by atoms with Crippen molar-refractivity contribution in [2.45, 2.75) is 6.92 Å².